The van der Waals surface area contributed by atoms with Crippen LogP contribution in [-0.4, -0.2) is 5.78 Å². The highest BCUT2D eigenvalue weighted by Gasteiger charge is 2.10. The summed E-state index contributed by atoms with van der Waals surface area (Å²) in [7, 11) is 0. The van der Waals surface area contributed by atoms with Crippen LogP contribution in [0.2, 0.25) is 10.0 Å². The van der Waals surface area contributed by atoms with Gasteiger partial charge < -0.3 is 5.73 Å². The van der Waals surface area contributed by atoms with Gasteiger partial charge in [-0.25, -0.2) is 0 Å². The van der Waals surface area contributed by atoms with Crippen LogP contribution >= 0.6 is 23.2 Å². The maximum absolute atomic E-state index is 10.9. The first-order valence-electron chi connectivity index (χ1n) is 3.74. The second-order valence-corrected chi connectivity index (χ2v) is 3.59. The molecule has 0 saturated heterocycles. The van der Waals surface area contributed by atoms with Crippen LogP contribution in [0.1, 0.15) is 12.5 Å². The minimum atomic E-state index is 0.00870. The predicted molar refractivity (Wildman–Crippen MR) is 55.3 cm³/mol. The van der Waals surface area contributed by atoms with Crippen molar-refractivity contribution in [3.05, 3.63) is 27.7 Å². The number of hydrogen-bond donors (Lipinski definition) is 1. The van der Waals surface area contributed by atoms with Crippen molar-refractivity contribution < 1.29 is 4.79 Å². The molecule has 0 aliphatic heterocycles. The molecule has 0 bridgehead atoms. The molecule has 0 amide bonds. The number of Topliss-reactive ketones (excluding diaryl/α,β-unsaturated/α-hetero) is 1. The van der Waals surface area contributed by atoms with Gasteiger partial charge in [0.05, 0.1) is 10.7 Å². The summed E-state index contributed by atoms with van der Waals surface area (Å²) in [4.78, 5) is 10.9. The third kappa shape index (κ3) is 2.36. The average Bonchev–Trinajstić information content (AvgIpc) is 2.05. The summed E-state index contributed by atoms with van der Waals surface area (Å²) in [6.07, 6.45) is 0.225. The Hall–Kier alpha value is -0.730. The van der Waals surface area contributed by atoms with Crippen molar-refractivity contribution in [1.82, 2.24) is 0 Å². The Balaban J connectivity index is 3.17. The lowest BCUT2D eigenvalue weighted by Crippen LogP contribution is -2.00. The maximum atomic E-state index is 10.9. The van der Waals surface area contributed by atoms with Crippen molar-refractivity contribution in [2.45, 2.75) is 13.3 Å². The molecule has 1 rings (SSSR count). The van der Waals surface area contributed by atoms with E-state index in [2.05, 4.69) is 0 Å². The number of anilines is 1. The Morgan fingerprint density at radius 2 is 2.08 bits per heavy atom. The van der Waals surface area contributed by atoms with Crippen LogP contribution in [0, 0.1) is 0 Å². The minimum Gasteiger partial charge on any atom is -0.398 e. The van der Waals surface area contributed by atoms with E-state index in [1.54, 1.807) is 12.1 Å². The lowest BCUT2D eigenvalue weighted by Gasteiger charge is -2.06. The number of benzene rings is 1. The van der Waals surface area contributed by atoms with Gasteiger partial charge >= 0.3 is 0 Å². The van der Waals surface area contributed by atoms with Gasteiger partial charge in [-0.2, -0.15) is 0 Å². The highest BCUT2D eigenvalue weighted by molar-refractivity contribution is 6.37. The minimum absolute atomic E-state index is 0.00870. The number of ketones is 1. The van der Waals surface area contributed by atoms with Gasteiger partial charge in [0.25, 0.3) is 0 Å². The lowest BCUT2D eigenvalue weighted by atomic mass is 10.1. The first kappa shape index (κ1) is 10.4. The summed E-state index contributed by atoms with van der Waals surface area (Å²) in [6.45, 7) is 1.48. The van der Waals surface area contributed by atoms with Gasteiger partial charge in [-0.15, -0.1) is 0 Å². The molecule has 70 valence electrons. The van der Waals surface area contributed by atoms with Crippen LogP contribution in [0.25, 0.3) is 0 Å². The molecule has 0 spiro atoms. The third-order valence-corrected chi connectivity index (χ3v) is 2.44. The van der Waals surface area contributed by atoms with Crippen molar-refractivity contribution in [2.75, 3.05) is 5.73 Å². The number of carbonyl (C=O) groups is 1. The molecule has 0 saturated carbocycles. The molecule has 0 unspecified atom stereocenters. The van der Waals surface area contributed by atoms with Crippen molar-refractivity contribution in [2.24, 2.45) is 0 Å². The Morgan fingerprint density at radius 1 is 1.46 bits per heavy atom. The van der Waals surface area contributed by atoms with E-state index in [4.69, 9.17) is 28.9 Å². The van der Waals surface area contributed by atoms with Crippen molar-refractivity contribution >= 4 is 34.7 Å². The molecule has 2 N–H and O–H groups in total. The highest BCUT2D eigenvalue weighted by atomic mass is 35.5. The fraction of sp³-hybridized carbons (Fsp3) is 0.222. The standard InChI is InChI=1S/C9H9Cl2NO/c1-5(13)4-6-7(10)2-3-8(12)9(6)11/h2-3H,4,12H2,1H3. The van der Waals surface area contributed by atoms with Crippen molar-refractivity contribution in [3.8, 4) is 0 Å². The highest BCUT2D eigenvalue weighted by Crippen LogP contribution is 2.30. The number of carbonyl (C=O) groups excluding carboxylic acids is 1. The zero-order valence-electron chi connectivity index (χ0n) is 7.10. The number of nitrogen functional groups attached to an aromatic ring is 1. The van der Waals surface area contributed by atoms with Crippen LogP contribution in [-0.2, 0) is 11.2 Å². The smallest absolute Gasteiger partial charge is 0.134 e. The van der Waals surface area contributed by atoms with Crippen LogP contribution < -0.4 is 5.73 Å². The van der Waals surface area contributed by atoms with E-state index in [-0.39, 0.29) is 12.2 Å². The monoisotopic (exact) mass is 217 g/mol. The van der Waals surface area contributed by atoms with Gasteiger partial charge in [-0.1, -0.05) is 23.2 Å². The second-order valence-electron chi connectivity index (χ2n) is 2.81. The summed E-state index contributed by atoms with van der Waals surface area (Å²) in [5, 5.41) is 0.858. The van der Waals surface area contributed by atoms with E-state index in [9.17, 15) is 4.79 Å². The number of hydrogen-bond acceptors (Lipinski definition) is 2. The zero-order valence-corrected chi connectivity index (χ0v) is 8.62. The second kappa shape index (κ2) is 3.99. The van der Waals surface area contributed by atoms with Crippen LogP contribution in [0.15, 0.2) is 12.1 Å². The fourth-order valence-electron chi connectivity index (χ4n) is 1.03. The molecule has 4 heteroatoms. The number of nitrogens with two attached hydrogens (primary N) is 1. The first-order valence-corrected chi connectivity index (χ1v) is 4.49. The molecule has 0 aromatic heterocycles. The molecule has 0 aliphatic carbocycles. The molecule has 0 atom stereocenters. The van der Waals surface area contributed by atoms with Gasteiger partial charge in [-0.3, -0.25) is 4.79 Å². The van der Waals surface area contributed by atoms with Crippen LogP contribution in [0.5, 0.6) is 0 Å². The Labute approximate surface area is 86.6 Å². The van der Waals surface area contributed by atoms with E-state index in [1.807, 2.05) is 0 Å². The lowest BCUT2D eigenvalue weighted by molar-refractivity contribution is -0.116. The van der Waals surface area contributed by atoms with E-state index in [1.165, 1.54) is 6.92 Å². The van der Waals surface area contributed by atoms with E-state index in [0.717, 1.165) is 0 Å². The van der Waals surface area contributed by atoms with Crippen LogP contribution in [0.4, 0.5) is 5.69 Å². The van der Waals surface area contributed by atoms with E-state index in [0.29, 0.717) is 21.3 Å². The van der Waals surface area contributed by atoms with E-state index < -0.39 is 0 Å². The first-order chi connectivity index (χ1) is 6.02. The molecule has 0 aliphatic rings. The summed E-state index contributed by atoms with van der Waals surface area (Å²) < 4.78 is 0. The van der Waals surface area contributed by atoms with Crippen molar-refractivity contribution in [3.63, 3.8) is 0 Å². The Bertz CT molecular complexity index is 350. The van der Waals surface area contributed by atoms with Gasteiger partial charge in [0.1, 0.15) is 5.78 Å². The maximum Gasteiger partial charge on any atom is 0.134 e. The van der Waals surface area contributed by atoms with Gasteiger partial charge in [0.15, 0.2) is 0 Å². The van der Waals surface area contributed by atoms with E-state index >= 15 is 0 Å². The van der Waals surface area contributed by atoms with Crippen molar-refractivity contribution in [1.29, 1.82) is 0 Å². The average molecular weight is 218 g/mol. The third-order valence-electron chi connectivity index (χ3n) is 1.64. The molecule has 1 aromatic carbocycles. The molecule has 0 fully saturated rings. The molecule has 1 aromatic rings. The predicted octanol–water partition coefficient (Wildman–Crippen LogP) is 2.71. The van der Waals surface area contributed by atoms with Gasteiger partial charge in [0, 0.05) is 11.4 Å². The van der Waals surface area contributed by atoms with Gasteiger partial charge in [0.2, 0.25) is 0 Å². The fourth-order valence-corrected chi connectivity index (χ4v) is 1.53. The molecular formula is C9H9Cl2NO. The normalized spacial score (nSPS) is 10.1. The van der Waals surface area contributed by atoms with Crippen LogP contribution in [0.3, 0.4) is 0 Å². The SMILES string of the molecule is CC(=O)Cc1c(Cl)ccc(N)c1Cl. The zero-order chi connectivity index (χ0) is 10.0. The molecule has 0 heterocycles. The summed E-state index contributed by atoms with van der Waals surface area (Å²) in [5.74, 6) is 0.00870. The summed E-state index contributed by atoms with van der Waals surface area (Å²) >= 11 is 11.7. The summed E-state index contributed by atoms with van der Waals surface area (Å²) in [6, 6.07) is 3.26. The molecule has 2 nitrogen and oxygen atoms in total. The molecule has 13 heavy (non-hydrogen) atoms. The Morgan fingerprint density at radius 3 is 2.62 bits per heavy atom. The van der Waals surface area contributed by atoms with Gasteiger partial charge in [-0.05, 0) is 24.6 Å². The molecular weight excluding hydrogens is 209 g/mol. The number of rotatable bonds is 2. The molecule has 0 radical (unpaired) electrons. The number of halogens is 2. The topological polar surface area (TPSA) is 43.1 Å². The quantitative estimate of drug-likeness (QED) is 0.775. The largest absolute Gasteiger partial charge is 0.398 e. The summed E-state index contributed by atoms with van der Waals surface area (Å²) in [5.41, 5.74) is 6.62. The Kier molecular flexibility index (Phi) is 3.17.